The number of benzene rings is 10. The average Bonchev–Trinajstić information content (AvgIpc) is 3.97. The number of fused-ring (bicyclic) bond motifs is 5. The van der Waals surface area contributed by atoms with Gasteiger partial charge in [0.25, 0.3) is 0 Å². The van der Waals surface area contributed by atoms with Gasteiger partial charge in [-0.3, -0.25) is 0 Å². The first-order chi connectivity index (χ1) is 31.3. The van der Waals surface area contributed by atoms with E-state index in [4.69, 9.17) is 4.42 Å². The van der Waals surface area contributed by atoms with Crippen LogP contribution in [0.5, 0.6) is 0 Å². The number of anilines is 3. The fourth-order valence-corrected chi connectivity index (χ4v) is 10.3. The SMILES string of the molecule is c1ccc(-c2ccc(-c3cccc4c3-c3ccccc3C4(c3ccccc3)c3cccc4occc34)c(N(c3ccccc3)c3ccc(-c4cccc5ccccc45)cc3)c2)cc1. The number of para-hydroxylation sites is 1. The molecular formula is C61H41NO. The summed E-state index contributed by atoms with van der Waals surface area (Å²) in [5.41, 5.74) is 18.0. The smallest absolute Gasteiger partial charge is 0.134 e. The molecule has 296 valence electrons. The van der Waals surface area contributed by atoms with E-state index >= 15 is 0 Å². The van der Waals surface area contributed by atoms with Crippen molar-refractivity contribution in [2.45, 2.75) is 5.41 Å². The molecule has 1 atom stereocenters. The lowest BCUT2D eigenvalue weighted by Gasteiger charge is -2.34. The fraction of sp³-hybridized carbons (Fsp3) is 0.0164. The minimum Gasteiger partial charge on any atom is -0.464 e. The van der Waals surface area contributed by atoms with Gasteiger partial charge in [0.2, 0.25) is 0 Å². The summed E-state index contributed by atoms with van der Waals surface area (Å²) in [4.78, 5) is 2.44. The van der Waals surface area contributed by atoms with Crippen molar-refractivity contribution in [1.29, 1.82) is 0 Å². The van der Waals surface area contributed by atoms with E-state index < -0.39 is 5.41 Å². The van der Waals surface area contributed by atoms with Gasteiger partial charge in [0.05, 0.1) is 17.4 Å². The second-order valence-electron chi connectivity index (χ2n) is 16.4. The Labute approximate surface area is 367 Å². The van der Waals surface area contributed by atoms with Crippen LogP contribution in [-0.2, 0) is 5.41 Å². The van der Waals surface area contributed by atoms with Crippen molar-refractivity contribution in [3.05, 3.63) is 271 Å². The standard InChI is InChI=1S/C61H41NO/c1-4-17-42(18-5-1)45-35-38-51(58(41-45)62(47-23-8-3-9-24-47)48-36-33-44(34-37-48)50-27-14-20-43-19-10-11-25-49(43)50)52-28-15-31-57-60(52)54-26-12-13-29-56(54)61(57,46-21-6-2-7-22-46)55-30-16-32-59-53(55)39-40-63-59/h1-41H. The first kappa shape index (κ1) is 36.6. The highest BCUT2D eigenvalue weighted by atomic mass is 16.3. The van der Waals surface area contributed by atoms with E-state index in [0.717, 1.165) is 39.2 Å². The molecule has 1 unspecified atom stereocenters. The molecule has 10 aromatic carbocycles. The number of nitrogens with zero attached hydrogens (tertiary/aromatic N) is 1. The summed E-state index contributed by atoms with van der Waals surface area (Å²) in [5.74, 6) is 0. The van der Waals surface area contributed by atoms with Crippen LogP contribution in [0.15, 0.2) is 253 Å². The Hall–Kier alpha value is -8.20. The predicted molar refractivity (Wildman–Crippen MR) is 262 cm³/mol. The topological polar surface area (TPSA) is 16.4 Å². The third kappa shape index (κ3) is 5.87. The van der Waals surface area contributed by atoms with Gasteiger partial charge in [-0.15, -0.1) is 0 Å². The Morgan fingerprint density at radius 2 is 0.952 bits per heavy atom. The molecule has 1 aliphatic rings. The quantitative estimate of drug-likeness (QED) is 0.152. The zero-order chi connectivity index (χ0) is 41.7. The van der Waals surface area contributed by atoms with Crippen molar-refractivity contribution in [3.8, 4) is 44.5 Å². The summed E-state index contributed by atoms with van der Waals surface area (Å²) in [6, 6.07) is 88.5. The fourth-order valence-electron chi connectivity index (χ4n) is 10.3. The lowest BCUT2D eigenvalue weighted by molar-refractivity contribution is 0.615. The van der Waals surface area contributed by atoms with Crippen LogP contribution >= 0.6 is 0 Å². The first-order valence-electron chi connectivity index (χ1n) is 21.7. The first-order valence-corrected chi connectivity index (χ1v) is 21.7. The average molecular weight is 804 g/mol. The molecule has 1 aliphatic carbocycles. The van der Waals surface area contributed by atoms with E-state index in [0.29, 0.717) is 0 Å². The van der Waals surface area contributed by atoms with Crippen LogP contribution in [0.2, 0.25) is 0 Å². The van der Waals surface area contributed by atoms with Crippen LogP contribution in [-0.4, -0.2) is 0 Å². The number of hydrogen-bond donors (Lipinski definition) is 0. The van der Waals surface area contributed by atoms with E-state index in [1.165, 1.54) is 66.4 Å². The molecule has 0 fully saturated rings. The maximum absolute atomic E-state index is 6.09. The van der Waals surface area contributed by atoms with Crippen LogP contribution in [0.25, 0.3) is 66.2 Å². The zero-order valence-corrected chi connectivity index (χ0v) is 34.5. The van der Waals surface area contributed by atoms with Gasteiger partial charge < -0.3 is 9.32 Å². The summed E-state index contributed by atoms with van der Waals surface area (Å²) in [6.07, 6.45) is 1.82. The summed E-state index contributed by atoms with van der Waals surface area (Å²) in [5, 5.41) is 3.60. The highest BCUT2D eigenvalue weighted by Crippen LogP contribution is 2.60. The van der Waals surface area contributed by atoms with Gasteiger partial charge in [-0.25, -0.2) is 0 Å². The third-order valence-electron chi connectivity index (χ3n) is 13.1. The molecule has 0 saturated heterocycles. The van der Waals surface area contributed by atoms with Crippen molar-refractivity contribution in [2.75, 3.05) is 4.90 Å². The van der Waals surface area contributed by atoms with E-state index in [1.54, 1.807) is 0 Å². The molecule has 63 heavy (non-hydrogen) atoms. The number of rotatable bonds is 8. The number of hydrogen-bond acceptors (Lipinski definition) is 2. The summed E-state index contributed by atoms with van der Waals surface area (Å²) >= 11 is 0. The lowest BCUT2D eigenvalue weighted by atomic mass is 9.66. The lowest BCUT2D eigenvalue weighted by Crippen LogP contribution is -2.28. The monoisotopic (exact) mass is 803 g/mol. The van der Waals surface area contributed by atoms with Crippen LogP contribution in [0.4, 0.5) is 17.1 Å². The molecule has 0 amide bonds. The second kappa shape index (κ2) is 15.1. The van der Waals surface area contributed by atoms with E-state index in [1.807, 2.05) is 6.26 Å². The van der Waals surface area contributed by atoms with Crippen molar-refractivity contribution >= 4 is 38.8 Å². The Bertz CT molecular complexity index is 3440. The van der Waals surface area contributed by atoms with E-state index in [9.17, 15) is 0 Å². The van der Waals surface area contributed by atoms with Crippen LogP contribution in [0, 0.1) is 0 Å². The molecule has 0 saturated carbocycles. The Kier molecular flexibility index (Phi) is 8.76. The molecule has 1 aromatic heterocycles. The number of furan rings is 1. The molecule has 1 heterocycles. The van der Waals surface area contributed by atoms with Gasteiger partial charge in [-0.2, -0.15) is 0 Å². The summed E-state index contributed by atoms with van der Waals surface area (Å²) < 4.78 is 6.09. The maximum Gasteiger partial charge on any atom is 0.134 e. The molecule has 0 radical (unpaired) electrons. The maximum atomic E-state index is 6.09. The molecule has 0 aliphatic heterocycles. The van der Waals surface area contributed by atoms with Gasteiger partial charge in [-0.1, -0.05) is 200 Å². The van der Waals surface area contributed by atoms with Crippen molar-refractivity contribution in [1.82, 2.24) is 0 Å². The molecule has 2 nitrogen and oxygen atoms in total. The van der Waals surface area contributed by atoms with Gasteiger partial charge in [0.1, 0.15) is 5.58 Å². The Morgan fingerprint density at radius 3 is 1.79 bits per heavy atom. The van der Waals surface area contributed by atoms with Gasteiger partial charge in [0, 0.05) is 22.3 Å². The van der Waals surface area contributed by atoms with Crippen molar-refractivity contribution in [2.24, 2.45) is 0 Å². The zero-order valence-electron chi connectivity index (χ0n) is 34.5. The highest BCUT2D eigenvalue weighted by molar-refractivity contribution is 6.02. The molecular weight excluding hydrogens is 763 g/mol. The van der Waals surface area contributed by atoms with Crippen molar-refractivity contribution < 1.29 is 4.42 Å². The molecule has 0 spiro atoms. The summed E-state index contributed by atoms with van der Waals surface area (Å²) in [6.45, 7) is 0. The van der Waals surface area contributed by atoms with Gasteiger partial charge in [0.15, 0.2) is 0 Å². The largest absolute Gasteiger partial charge is 0.464 e. The Morgan fingerprint density at radius 1 is 0.349 bits per heavy atom. The summed E-state index contributed by atoms with van der Waals surface area (Å²) in [7, 11) is 0. The Balaban J connectivity index is 1.13. The minimum atomic E-state index is -0.604. The molecule has 11 aromatic rings. The van der Waals surface area contributed by atoms with E-state index in [2.05, 4.69) is 248 Å². The van der Waals surface area contributed by atoms with Crippen LogP contribution in [0.1, 0.15) is 22.3 Å². The van der Waals surface area contributed by atoms with Crippen molar-refractivity contribution in [3.63, 3.8) is 0 Å². The third-order valence-corrected chi connectivity index (χ3v) is 13.1. The van der Waals surface area contributed by atoms with Crippen LogP contribution in [0.3, 0.4) is 0 Å². The second-order valence-corrected chi connectivity index (χ2v) is 16.4. The van der Waals surface area contributed by atoms with Gasteiger partial charge in [-0.05, 0) is 114 Å². The molecule has 0 N–H and O–H groups in total. The molecule has 0 bridgehead atoms. The molecule has 12 rings (SSSR count). The van der Waals surface area contributed by atoms with E-state index in [-0.39, 0.29) is 0 Å². The molecule has 2 heteroatoms. The van der Waals surface area contributed by atoms with Crippen LogP contribution < -0.4 is 4.90 Å². The minimum absolute atomic E-state index is 0.604. The van der Waals surface area contributed by atoms with Gasteiger partial charge >= 0.3 is 0 Å². The predicted octanol–water partition coefficient (Wildman–Crippen LogP) is 16.4. The highest BCUT2D eigenvalue weighted by Gasteiger charge is 2.48. The normalized spacial score (nSPS) is 14.1.